The van der Waals surface area contributed by atoms with Crippen molar-refractivity contribution in [3.05, 3.63) is 29.8 Å². The number of rotatable bonds is 5. The first-order valence-corrected chi connectivity index (χ1v) is 8.37. The van der Waals surface area contributed by atoms with E-state index in [1.165, 1.54) is 12.0 Å². The third-order valence-electron chi connectivity index (χ3n) is 4.22. The molecule has 0 heterocycles. The molecule has 126 valence electrons. The minimum atomic E-state index is -0.359. The summed E-state index contributed by atoms with van der Waals surface area (Å²) in [5.74, 6) is 0.667. The van der Waals surface area contributed by atoms with Crippen molar-refractivity contribution in [2.45, 2.75) is 51.9 Å². The van der Waals surface area contributed by atoms with Crippen LogP contribution in [0.15, 0.2) is 24.3 Å². The van der Waals surface area contributed by atoms with E-state index >= 15 is 0 Å². The Labute approximate surface area is 137 Å². The van der Waals surface area contributed by atoms with E-state index in [0.717, 1.165) is 25.7 Å². The zero-order valence-corrected chi connectivity index (χ0v) is 13.9. The number of nitrogens with one attached hydrogen (secondary N) is 2. The van der Waals surface area contributed by atoms with Gasteiger partial charge in [-0.05, 0) is 36.5 Å². The first-order chi connectivity index (χ1) is 11.1. The topological polar surface area (TPSA) is 67.4 Å². The van der Waals surface area contributed by atoms with Gasteiger partial charge in [0.1, 0.15) is 5.75 Å². The predicted molar refractivity (Wildman–Crippen MR) is 88.9 cm³/mol. The van der Waals surface area contributed by atoms with E-state index in [0.29, 0.717) is 11.7 Å². The molecule has 0 saturated heterocycles. The summed E-state index contributed by atoms with van der Waals surface area (Å²) in [6.07, 6.45) is 5.17. The standard InChI is InChI=1S/C18H26N2O3/c1-13(2)14-8-10-16(11-9-14)23-12-17(21)19-20-18(22)15-6-4-3-5-7-15/h8-11,13,15H,3-7,12H2,1-2H3,(H,19,21)(H,20,22). The highest BCUT2D eigenvalue weighted by Gasteiger charge is 2.21. The number of amides is 2. The van der Waals surface area contributed by atoms with Crippen LogP contribution in [0.5, 0.6) is 5.75 Å². The fourth-order valence-corrected chi connectivity index (χ4v) is 2.73. The van der Waals surface area contributed by atoms with Gasteiger partial charge >= 0.3 is 0 Å². The van der Waals surface area contributed by atoms with Crippen molar-refractivity contribution < 1.29 is 14.3 Å². The third kappa shape index (κ3) is 5.58. The highest BCUT2D eigenvalue weighted by Crippen LogP contribution is 2.23. The molecule has 1 aromatic carbocycles. The van der Waals surface area contributed by atoms with Crippen LogP contribution in [0.1, 0.15) is 57.4 Å². The summed E-state index contributed by atoms with van der Waals surface area (Å²) in [5, 5.41) is 0. The van der Waals surface area contributed by atoms with E-state index in [9.17, 15) is 9.59 Å². The van der Waals surface area contributed by atoms with E-state index in [1.807, 2.05) is 24.3 Å². The Morgan fingerprint density at radius 3 is 2.35 bits per heavy atom. The molecular formula is C18H26N2O3. The normalized spacial score (nSPS) is 15.3. The monoisotopic (exact) mass is 318 g/mol. The lowest BCUT2D eigenvalue weighted by Gasteiger charge is -2.20. The zero-order chi connectivity index (χ0) is 16.7. The number of benzene rings is 1. The van der Waals surface area contributed by atoms with Gasteiger partial charge in [0.05, 0.1) is 0 Å². The van der Waals surface area contributed by atoms with Crippen molar-refractivity contribution in [2.24, 2.45) is 5.92 Å². The maximum atomic E-state index is 11.9. The van der Waals surface area contributed by atoms with Crippen molar-refractivity contribution in [1.29, 1.82) is 0 Å². The summed E-state index contributed by atoms with van der Waals surface area (Å²) in [4.78, 5) is 23.6. The highest BCUT2D eigenvalue weighted by atomic mass is 16.5. The second-order valence-electron chi connectivity index (χ2n) is 6.38. The third-order valence-corrected chi connectivity index (χ3v) is 4.22. The molecule has 2 N–H and O–H groups in total. The van der Waals surface area contributed by atoms with Crippen LogP contribution in [-0.2, 0) is 9.59 Å². The Kier molecular flexibility index (Phi) is 6.44. The fraction of sp³-hybridized carbons (Fsp3) is 0.556. The number of hydrogen-bond donors (Lipinski definition) is 2. The summed E-state index contributed by atoms with van der Waals surface area (Å²) in [6.45, 7) is 4.13. The number of hydrazine groups is 1. The Bertz CT molecular complexity index is 520. The Hall–Kier alpha value is -2.04. The lowest BCUT2D eigenvalue weighted by molar-refractivity contribution is -0.132. The minimum Gasteiger partial charge on any atom is -0.484 e. The van der Waals surface area contributed by atoms with E-state index < -0.39 is 0 Å². The molecule has 2 rings (SSSR count). The van der Waals surface area contributed by atoms with Gasteiger partial charge in [-0.25, -0.2) is 0 Å². The summed E-state index contributed by atoms with van der Waals surface area (Å²) in [7, 11) is 0. The SMILES string of the molecule is CC(C)c1ccc(OCC(=O)NNC(=O)C2CCCCC2)cc1. The first-order valence-electron chi connectivity index (χ1n) is 8.37. The van der Waals surface area contributed by atoms with Crippen LogP contribution in [0.3, 0.4) is 0 Å². The molecule has 0 radical (unpaired) electrons. The zero-order valence-electron chi connectivity index (χ0n) is 13.9. The summed E-state index contributed by atoms with van der Waals surface area (Å²) >= 11 is 0. The number of ether oxygens (including phenoxy) is 1. The quantitative estimate of drug-likeness (QED) is 0.820. The Morgan fingerprint density at radius 2 is 1.74 bits per heavy atom. The van der Waals surface area contributed by atoms with Gasteiger partial charge in [-0.1, -0.05) is 45.2 Å². The van der Waals surface area contributed by atoms with Gasteiger partial charge in [-0.3, -0.25) is 20.4 Å². The average molecular weight is 318 g/mol. The largest absolute Gasteiger partial charge is 0.484 e. The van der Waals surface area contributed by atoms with Crippen LogP contribution in [0, 0.1) is 5.92 Å². The molecule has 0 atom stereocenters. The number of carbonyl (C=O) groups is 2. The van der Waals surface area contributed by atoms with E-state index in [-0.39, 0.29) is 24.3 Å². The molecule has 1 aliphatic rings. The van der Waals surface area contributed by atoms with Crippen molar-refractivity contribution in [1.82, 2.24) is 10.9 Å². The molecule has 1 saturated carbocycles. The van der Waals surface area contributed by atoms with Crippen LogP contribution in [0.4, 0.5) is 0 Å². The Balaban J connectivity index is 1.69. The van der Waals surface area contributed by atoms with Gasteiger partial charge < -0.3 is 4.74 Å². The molecule has 1 fully saturated rings. The molecule has 2 amide bonds. The first kappa shape index (κ1) is 17.3. The molecule has 1 aromatic rings. The second kappa shape index (κ2) is 8.56. The Morgan fingerprint density at radius 1 is 1.09 bits per heavy atom. The van der Waals surface area contributed by atoms with Gasteiger partial charge in [0, 0.05) is 5.92 Å². The summed E-state index contributed by atoms with van der Waals surface area (Å²) in [5.41, 5.74) is 6.13. The van der Waals surface area contributed by atoms with Crippen molar-refractivity contribution >= 4 is 11.8 Å². The number of carbonyl (C=O) groups excluding carboxylic acids is 2. The summed E-state index contributed by atoms with van der Waals surface area (Å²) < 4.78 is 5.42. The van der Waals surface area contributed by atoms with Crippen LogP contribution in [0.2, 0.25) is 0 Å². The molecule has 0 unspecified atom stereocenters. The smallest absolute Gasteiger partial charge is 0.276 e. The van der Waals surface area contributed by atoms with E-state index in [1.54, 1.807) is 0 Å². The molecule has 0 bridgehead atoms. The number of hydrogen-bond acceptors (Lipinski definition) is 3. The fourth-order valence-electron chi connectivity index (χ4n) is 2.73. The average Bonchev–Trinajstić information content (AvgIpc) is 2.59. The van der Waals surface area contributed by atoms with Crippen LogP contribution in [-0.4, -0.2) is 18.4 Å². The van der Waals surface area contributed by atoms with Crippen LogP contribution < -0.4 is 15.6 Å². The summed E-state index contributed by atoms with van der Waals surface area (Å²) in [6, 6.07) is 7.68. The molecule has 5 heteroatoms. The van der Waals surface area contributed by atoms with Crippen molar-refractivity contribution in [3.63, 3.8) is 0 Å². The molecule has 0 spiro atoms. The van der Waals surface area contributed by atoms with E-state index in [4.69, 9.17) is 4.74 Å². The van der Waals surface area contributed by atoms with E-state index in [2.05, 4.69) is 24.7 Å². The molecule has 1 aliphatic carbocycles. The molecule has 23 heavy (non-hydrogen) atoms. The van der Waals surface area contributed by atoms with Gasteiger partial charge in [0.25, 0.3) is 5.91 Å². The van der Waals surface area contributed by atoms with Gasteiger partial charge in [-0.2, -0.15) is 0 Å². The molecule has 0 aliphatic heterocycles. The lowest BCUT2D eigenvalue weighted by Crippen LogP contribution is -2.46. The highest BCUT2D eigenvalue weighted by molar-refractivity contribution is 5.84. The van der Waals surface area contributed by atoms with Crippen LogP contribution >= 0.6 is 0 Å². The maximum absolute atomic E-state index is 11.9. The van der Waals surface area contributed by atoms with Crippen molar-refractivity contribution in [3.8, 4) is 5.75 Å². The van der Waals surface area contributed by atoms with Crippen molar-refractivity contribution in [2.75, 3.05) is 6.61 Å². The van der Waals surface area contributed by atoms with Gasteiger partial charge in [0.15, 0.2) is 6.61 Å². The molecular weight excluding hydrogens is 292 g/mol. The maximum Gasteiger partial charge on any atom is 0.276 e. The minimum absolute atomic E-state index is 0.0218. The van der Waals surface area contributed by atoms with Crippen LogP contribution in [0.25, 0.3) is 0 Å². The molecule has 5 nitrogen and oxygen atoms in total. The predicted octanol–water partition coefficient (Wildman–Crippen LogP) is 2.92. The second-order valence-corrected chi connectivity index (χ2v) is 6.38. The molecule has 0 aromatic heterocycles. The van der Waals surface area contributed by atoms with Gasteiger partial charge in [-0.15, -0.1) is 0 Å². The lowest BCUT2D eigenvalue weighted by atomic mass is 9.89. The van der Waals surface area contributed by atoms with Gasteiger partial charge in [0.2, 0.25) is 5.91 Å².